The summed E-state index contributed by atoms with van der Waals surface area (Å²) >= 11 is 1.13. The van der Waals surface area contributed by atoms with Crippen LogP contribution in [0.1, 0.15) is 122 Å². The minimum atomic E-state index is -0.270. The van der Waals surface area contributed by atoms with Gasteiger partial charge in [0, 0.05) is 0 Å². The van der Waals surface area contributed by atoms with Gasteiger partial charge in [-0.05, 0) is 59.8 Å². The first-order valence-corrected chi connectivity index (χ1v) is 20.6. The summed E-state index contributed by atoms with van der Waals surface area (Å²) < 4.78 is 27.0. The summed E-state index contributed by atoms with van der Waals surface area (Å²) in [7, 11) is 0. The first-order valence-electron chi connectivity index (χ1n) is 19.4. The van der Waals surface area contributed by atoms with Crippen molar-refractivity contribution in [2.75, 3.05) is 0 Å². The zero-order valence-electron chi connectivity index (χ0n) is 34.5. The Hall–Kier alpha value is -3.10. The van der Waals surface area contributed by atoms with Crippen molar-refractivity contribution in [3.8, 4) is 0 Å². The van der Waals surface area contributed by atoms with E-state index in [2.05, 4.69) is 130 Å². The third kappa shape index (κ3) is 9.77. The van der Waals surface area contributed by atoms with Gasteiger partial charge in [-0.2, -0.15) is 11.6 Å². The Labute approximate surface area is 361 Å². The second-order valence-electron chi connectivity index (χ2n) is 17.7. The van der Waals surface area contributed by atoms with E-state index in [1.54, 1.807) is 12.1 Å². The van der Waals surface area contributed by atoms with Gasteiger partial charge in [0.05, 0.1) is 0 Å². The second kappa shape index (κ2) is 17.8. The Kier molecular flexibility index (Phi) is 14.5. The molecule has 0 fully saturated rings. The maximum Gasteiger partial charge on any atom is -1.00 e. The normalized spacial score (nSPS) is 17.4. The minimum Gasteiger partial charge on any atom is -1.00 e. The summed E-state index contributed by atoms with van der Waals surface area (Å²) in [6, 6.07) is 25.0. The van der Waals surface area contributed by atoms with Crippen molar-refractivity contribution in [2.24, 2.45) is 11.3 Å². The van der Waals surface area contributed by atoms with Gasteiger partial charge >= 0.3 is 108 Å². The number of hydrogen-bond acceptors (Lipinski definition) is 0. The van der Waals surface area contributed by atoms with Gasteiger partial charge in [-0.1, -0.05) is 109 Å². The molecule has 292 valence electrons. The van der Waals surface area contributed by atoms with E-state index in [0.717, 1.165) is 51.4 Å². The third-order valence-electron chi connectivity index (χ3n) is 11.5. The molecule has 1 atom stereocenters. The van der Waals surface area contributed by atoms with E-state index in [-0.39, 0.29) is 47.3 Å². The Bertz CT molecular complexity index is 2230. The molecule has 0 amide bonds. The zero-order chi connectivity index (χ0) is 39.2. The molecular formula is C51H54Cl2F2Zr-2. The standard InChI is InChI=1S/C27H29.C13H8F2.C11H17.2ClH.Zr/c1-16-7-9-26(3,4)24-12-18-11-19-13-25-21(17(2)8-10-27(25,5)6)15-23(19)22(18)14-20(16)24;14-12-5-1-3-10(8-12)7-11-4-2-6-13(15)9-11;1-5-9-6-7-10(8-9)11(2,3)4;;;/h7-8,11-15H,9-10H2,1-6H3;1-6,8-9H;7-9H,5H2,1-4H3;2*1H;/q-1;;-1;;;+2/p-2. The van der Waals surface area contributed by atoms with Gasteiger partial charge in [-0.25, -0.2) is 6.08 Å². The van der Waals surface area contributed by atoms with E-state index < -0.39 is 0 Å². The second-order valence-corrected chi connectivity index (χ2v) is 18.9. The van der Waals surface area contributed by atoms with Crippen LogP contribution in [0, 0.1) is 29.0 Å². The molecule has 0 radical (unpaired) electrons. The van der Waals surface area contributed by atoms with Crippen molar-refractivity contribution < 1.29 is 57.8 Å². The summed E-state index contributed by atoms with van der Waals surface area (Å²) in [6.07, 6.45) is 16.1. The average Bonchev–Trinajstić information content (AvgIpc) is 3.76. The molecule has 0 aromatic heterocycles. The van der Waals surface area contributed by atoms with Gasteiger partial charge in [0.15, 0.2) is 0 Å². The predicted molar refractivity (Wildman–Crippen MR) is 225 cm³/mol. The van der Waals surface area contributed by atoms with Gasteiger partial charge in [0.2, 0.25) is 0 Å². The number of rotatable bonds is 3. The number of hydrogen-bond donors (Lipinski definition) is 0. The monoisotopic (exact) mass is 864 g/mol. The quantitative estimate of drug-likeness (QED) is 0.160. The van der Waals surface area contributed by atoms with Gasteiger partial charge in [-0.3, -0.25) is 6.08 Å². The molecule has 5 heteroatoms. The first kappa shape index (κ1) is 45.6. The van der Waals surface area contributed by atoms with Gasteiger partial charge in [0.1, 0.15) is 0 Å². The molecule has 0 bridgehead atoms. The number of halogens is 4. The molecule has 0 nitrogen and oxygen atoms in total. The molecular weight excluding hydrogens is 813 g/mol. The van der Waals surface area contributed by atoms with E-state index in [1.807, 2.05) is 12.1 Å². The fourth-order valence-corrected chi connectivity index (χ4v) is 8.57. The van der Waals surface area contributed by atoms with E-state index >= 15 is 0 Å². The molecule has 1 unspecified atom stereocenters. The SMILES string of the molecule is CC1=CCC(C)(C)c2cc3[cH-]c4cc5c(cc4c3cc21)C(C)=CCC5(C)C.CCC1[C-]=CC(C(C)(C)C)=C1.Fc1cccc([C](=[Zr+2])c2cccc(F)c2)c1.[Cl-].[Cl-]. The largest absolute Gasteiger partial charge is 1.00 e. The predicted octanol–water partition coefficient (Wildman–Crippen LogP) is 8.33. The molecule has 3 aliphatic carbocycles. The molecule has 0 saturated heterocycles. The van der Waals surface area contributed by atoms with Crippen LogP contribution in [0.3, 0.4) is 0 Å². The maximum atomic E-state index is 13.0. The van der Waals surface area contributed by atoms with E-state index in [0.29, 0.717) is 11.3 Å². The van der Waals surface area contributed by atoms with Crippen molar-refractivity contribution in [3.05, 3.63) is 160 Å². The van der Waals surface area contributed by atoms with Crippen LogP contribution in [-0.2, 0) is 35.1 Å². The van der Waals surface area contributed by atoms with Crippen LogP contribution in [0.25, 0.3) is 32.7 Å². The Morgan fingerprint density at radius 2 is 1.20 bits per heavy atom. The Morgan fingerprint density at radius 1 is 0.750 bits per heavy atom. The number of benzene rings is 4. The van der Waals surface area contributed by atoms with Crippen LogP contribution in [-0.4, -0.2) is 3.21 Å². The van der Waals surface area contributed by atoms with Crippen molar-refractivity contribution in [3.63, 3.8) is 0 Å². The molecule has 0 heterocycles. The van der Waals surface area contributed by atoms with Crippen LogP contribution in [0.4, 0.5) is 8.78 Å². The molecule has 0 N–H and O–H groups in total. The van der Waals surface area contributed by atoms with Crippen LogP contribution in [0.15, 0.2) is 109 Å². The number of allylic oxidation sites excluding steroid dienone is 8. The van der Waals surface area contributed by atoms with Crippen molar-refractivity contribution in [1.29, 1.82) is 0 Å². The summed E-state index contributed by atoms with van der Waals surface area (Å²) in [5.41, 5.74) is 12.5. The molecule has 0 aliphatic heterocycles. The molecule has 56 heavy (non-hydrogen) atoms. The summed E-state index contributed by atoms with van der Waals surface area (Å²) in [5, 5.41) is 5.61. The minimum absolute atomic E-state index is 0. The van der Waals surface area contributed by atoms with E-state index in [9.17, 15) is 8.78 Å². The van der Waals surface area contributed by atoms with Gasteiger partial charge < -0.3 is 24.8 Å². The third-order valence-corrected chi connectivity index (χ3v) is 12.9. The van der Waals surface area contributed by atoms with E-state index in [1.165, 1.54) is 91.2 Å². The summed E-state index contributed by atoms with van der Waals surface area (Å²) in [6.45, 7) is 23.0. The van der Waals surface area contributed by atoms with Crippen LogP contribution < -0.4 is 24.8 Å². The topological polar surface area (TPSA) is 0 Å². The molecule has 5 aromatic carbocycles. The molecule has 5 aromatic rings. The van der Waals surface area contributed by atoms with Crippen LogP contribution >= 0.6 is 0 Å². The number of fused-ring (bicyclic) bond motifs is 5. The maximum absolute atomic E-state index is 13.0. The fourth-order valence-electron chi connectivity index (χ4n) is 7.80. The fraction of sp³-hybridized carbons (Fsp3) is 0.333. The molecule has 0 saturated carbocycles. The average molecular weight is 867 g/mol. The van der Waals surface area contributed by atoms with Crippen molar-refractivity contribution >= 4 is 35.9 Å². The van der Waals surface area contributed by atoms with Crippen LogP contribution in [0.5, 0.6) is 0 Å². The van der Waals surface area contributed by atoms with Crippen LogP contribution in [0.2, 0.25) is 0 Å². The molecule has 0 spiro atoms. The molecule has 8 rings (SSSR count). The first-order chi connectivity index (χ1) is 25.4. The summed E-state index contributed by atoms with van der Waals surface area (Å²) in [4.78, 5) is 0. The van der Waals surface area contributed by atoms with Crippen molar-refractivity contribution in [1.82, 2.24) is 0 Å². The van der Waals surface area contributed by atoms with Gasteiger partial charge in [-0.15, -0.1) is 39.7 Å². The smallest absolute Gasteiger partial charge is 1.00 e. The Balaban J connectivity index is 0.000000205. The van der Waals surface area contributed by atoms with Crippen molar-refractivity contribution in [2.45, 2.75) is 99.3 Å². The Morgan fingerprint density at radius 3 is 1.55 bits per heavy atom. The zero-order valence-corrected chi connectivity index (χ0v) is 38.5. The summed E-state index contributed by atoms with van der Waals surface area (Å²) in [5.74, 6) is 0.0341. The van der Waals surface area contributed by atoms with Gasteiger partial charge in [0.25, 0.3) is 0 Å². The molecule has 3 aliphatic rings. The van der Waals surface area contributed by atoms with E-state index in [4.69, 9.17) is 0 Å².